The first-order chi connectivity index (χ1) is 12.9. The van der Waals surface area contributed by atoms with Crippen molar-refractivity contribution in [3.8, 4) is 0 Å². The lowest BCUT2D eigenvalue weighted by molar-refractivity contribution is -0.139. The van der Waals surface area contributed by atoms with E-state index in [2.05, 4.69) is 16.0 Å². The Labute approximate surface area is 158 Å². The summed E-state index contributed by atoms with van der Waals surface area (Å²) >= 11 is 0. The fraction of sp³-hybridized carbons (Fsp3) is 0.526. The predicted molar refractivity (Wildman–Crippen MR) is 99.0 cm³/mol. The predicted octanol–water partition coefficient (Wildman–Crippen LogP) is 1.26. The molecule has 1 fully saturated rings. The van der Waals surface area contributed by atoms with Crippen LogP contribution in [0.25, 0.3) is 0 Å². The van der Waals surface area contributed by atoms with Gasteiger partial charge >= 0.3 is 12.1 Å². The van der Waals surface area contributed by atoms with Crippen molar-refractivity contribution in [1.29, 1.82) is 0 Å². The highest BCUT2D eigenvalue weighted by Gasteiger charge is 2.31. The Kier molecular flexibility index (Phi) is 7.60. The topological polar surface area (TPSA) is 117 Å². The molecule has 0 bridgehead atoms. The van der Waals surface area contributed by atoms with Crippen LogP contribution in [0.4, 0.5) is 4.79 Å². The summed E-state index contributed by atoms with van der Waals surface area (Å²) in [5.74, 6) is -1.50. The first-order valence-electron chi connectivity index (χ1n) is 9.18. The summed E-state index contributed by atoms with van der Waals surface area (Å²) in [7, 11) is 0. The van der Waals surface area contributed by atoms with E-state index in [1.54, 1.807) is 31.2 Å². The van der Waals surface area contributed by atoms with Crippen LogP contribution in [-0.2, 0) is 20.7 Å². The molecule has 0 spiro atoms. The number of carboxylic acids is 1. The van der Waals surface area contributed by atoms with Gasteiger partial charge in [-0.25, -0.2) is 9.59 Å². The van der Waals surface area contributed by atoms with Crippen molar-refractivity contribution in [2.24, 2.45) is 5.92 Å². The van der Waals surface area contributed by atoms with Crippen LogP contribution in [0.2, 0.25) is 0 Å². The molecule has 1 aliphatic rings. The monoisotopic (exact) mass is 377 g/mol. The van der Waals surface area contributed by atoms with Gasteiger partial charge in [0.15, 0.2) is 6.23 Å². The van der Waals surface area contributed by atoms with Crippen molar-refractivity contribution in [3.05, 3.63) is 35.9 Å². The third kappa shape index (κ3) is 6.25. The van der Waals surface area contributed by atoms with Crippen LogP contribution in [0, 0.1) is 5.92 Å². The van der Waals surface area contributed by atoms with E-state index in [1.807, 2.05) is 13.0 Å². The molecule has 2 amide bonds. The molecule has 148 valence electrons. The summed E-state index contributed by atoms with van der Waals surface area (Å²) in [6.45, 7) is 4.48. The molecule has 8 nitrogen and oxygen atoms in total. The van der Waals surface area contributed by atoms with Crippen LogP contribution in [-0.4, -0.2) is 47.9 Å². The van der Waals surface area contributed by atoms with E-state index < -0.39 is 24.3 Å². The lowest BCUT2D eigenvalue weighted by Crippen LogP contribution is -2.48. The summed E-state index contributed by atoms with van der Waals surface area (Å²) in [6.07, 6.45) is -0.433. The standard InChI is InChI=1S/C19H27N3O5/c1-3-16(22-17(23)14-9-10-20-12(14)2)27-19(26)21-15(18(24)25)11-13-7-5-4-6-8-13/h4-8,12,14-16,20H,3,9-11H2,1-2H3,(H,21,26)(H,22,23)(H,24,25)/t12-,14?,15+,16?/m1/s1. The fourth-order valence-corrected chi connectivity index (χ4v) is 3.05. The molecule has 4 N–H and O–H groups in total. The summed E-state index contributed by atoms with van der Waals surface area (Å²) in [4.78, 5) is 35.9. The molecule has 27 heavy (non-hydrogen) atoms. The van der Waals surface area contributed by atoms with Gasteiger partial charge in [0.2, 0.25) is 5.91 Å². The third-order valence-corrected chi connectivity index (χ3v) is 4.66. The van der Waals surface area contributed by atoms with E-state index in [9.17, 15) is 19.5 Å². The summed E-state index contributed by atoms with van der Waals surface area (Å²) < 4.78 is 5.22. The largest absolute Gasteiger partial charge is 0.480 e. The summed E-state index contributed by atoms with van der Waals surface area (Å²) in [6, 6.07) is 7.95. The van der Waals surface area contributed by atoms with E-state index in [1.165, 1.54) is 0 Å². The molecule has 0 aromatic heterocycles. The number of hydrogen-bond donors (Lipinski definition) is 4. The minimum atomic E-state index is -1.15. The number of benzene rings is 1. The number of alkyl carbamates (subject to hydrolysis) is 1. The van der Waals surface area contributed by atoms with Crippen molar-refractivity contribution >= 4 is 18.0 Å². The molecule has 0 aliphatic carbocycles. The van der Waals surface area contributed by atoms with Crippen molar-refractivity contribution in [2.45, 2.75) is 51.4 Å². The molecule has 1 aromatic carbocycles. The van der Waals surface area contributed by atoms with Crippen molar-refractivity contribution in [2.75, 3.05) is 6.54 Å². The minimum absolute atomic E-state index is 0.0681. The number of aliphatic carboxylic acids is 1. The molecule has 4 atom stereocenters. The maximum absolute atomic E-state index is 12.3. The molecular weight excluding hydrogens is 350 g/mol. The van der Waals surface area contributed by atoms with Crippen LogP contribution < -0.4 is 16.0 Å². The maximum Gasteiger partial charge on any atom is 0.409 e. The van der Waals surface area contributed by atoms with Gasteiger partial charge in [0.25, 0.3) is 0 Å². The zero-order valence-electron chi connectivity index (χ0n) is 15.6. The van der Waals surface area contributed by atoms with E-state index >= 15 is 0 Å². The lowest BCUT2D eigenvalue weighted by Gasteiger charge is -2.22. The van der Waals surface area contributed by atoms with Crippen molar-refractivity contribution in [3.63, 3.8) is 0 Å². The molecule has 2 unspecified atom stereocenters. The molecule has 0 saturated carbocycles. The second-order valence-electron chi connectivity index (χ2n) is 6.67. The molecule has 0 radical (unpaired) electrons. The highest BCUT2D eigenvalue weighted by molar-refractivity contribution is 5.81. The molecule has 8 heteroatoms. The Hall–Kier alpha value is -2.61. The van der Waals surface area contributed by atoms with E-state index in [-0.39, 0.29) is 24.3 Å². The number of ether oxygens (including phenoxy) is 1. The molecule has 1 aromatic rings. The van der Waals surface area contributed by atoms with Gasteiger partial charge in [-0.3, -0.25) is 4.79 Å². The first-order valence-corrected chi connectivity index (χ1v) is 9.18. The zero-order valence-corrected chi connectivity index (χ0v) is 15.6. The van der Waals surface area contributed by atoms with Crippen LogP contribution >= 0.6 is 0 Å². The number of rotatable bonds is 8. The zero-order chi connectivity index (χ0) is 19.8. The third-order valence-electron chi connectivity index (χ3n) is 4.66. The van der Waals surface area contributed by atoms with Crippen LogP contribution in [0.1, 0.15) is 32.3 Å². The molecular formula is C19H27N3O5. The van der Waals surface area contributed by atoms with Gasteiger partial charge in [0.05, 0.1) is 5.92 Å². The van der Waals surface area contributed by atoms with Gasteiger partial charge < -0.3 is 25.8 Å². The maximum atomic E-state index is 12.3. The normalized spacial score (nSPS) is 21.1. The van der Waals surface area contributed by atoms with Gasteiger partial charge in [-0.1, -0.05) is 37.3 Å². The van der Waals surface area contributed by atoms with E-state index in [0.717, 1.165) is 18.5 Å². The number of amides is 2. The summed E-state index contributed by atoms with van der Waals surface area (Å²) in [5, 5.41) is 17.6. The van der Waals surface area contributed by atoms with Crippen LogP contribution in [0.5, 0.6) is 0 Å². The average molecular weight is 377 g/mol. The smallest absolute Gasteiger partial charge is 0.409 e. The highest BCUT2D eigenvalue weighted by Crippen LogP contribution is 2.15. The molecule has 2 rings (SSSR count). The van der Waals surface area contributed by atoms with Crippen molar-refractivity contribution < 1.29 is 24.2 Å². The number of carboxylic acid groups (broad SMARTS) is 1. The van der Waals surface area contributed by atoms with Gasteiger partial charge in [-0.15, -0.1) is 0 Å². The Bertz CT molecular complexity index is 652. The number of carbonyl (C=O) groups excluding carboxylic acids is 2. The minimum Gasteiger partial charge on any atom is -0.480 e. The Balaban J connectivity index is 1.88. The molecule has 1 saturated heterocycles. The second-order valence-corrected chi connectivity index (χ2v) is 6.67. The number of carbonyl (C=O) groups is 3. The SMILES string of the molecule is CCC(NC(=O)C1CCN[C@@H]1C)OC(=O)N[C@@H](Cc1ccccc1)C(=O)O. The number of nitrogens with one attached hydrogen (secondary N) is 3. The lowest BCUT2D eigenvalue weighted by atomic mass is 10.0. The molecule has 1 heterocycles. The Morgan fingerprint density at radius 2 is 1.96 bits per heavy atom. The first kappa shape index (κ1) is 20.7. The second kappa shape index (κ2) is 9.91. The Morgan fingerprint density at radius 1 is 1.26 bits per heavy atom. The van der Waals surface area contributed by atoms with Crippen LogP contribution in [0.15, 0.2) is 30.3 Å². The molecule has 1 aliphatic heterocycles. The number of hydrogen-bond acceptors (Lipinski definition) is 5. The van der Waals surface area contributed by atoms with Gasteiger partial charge in [-0.05, 0) is 25.5 Å². The average Bonchev–Trinajstić information content (AvgIpc) is 3.07. The Morgan fingerprint density at radius 3 is 2.52 bits per heavy atom. The van der Waals surface area contributed by atoms with E-state index in [0.29, 0.717) is 6.42 Å². The van der Waals surface area contributed by atoms with E-state index in [4.69, 9.17) is 4.74 Å². The quantitative estimate of drug-likeness (QED) is 0.507. The van der Waals surface area contributed by atoms with Crippen molar-refractivity contribution in [1.82, 2.24) is 16.0 Å². The van der Waals surface area contributed by atoms with Gasteiger partial charge in [-0.2, -0.15) is 0 Å². The summed E-state index contributed by atoms with van der Waals surface area (Å²) in [5.41, 5.74) is 0.785. The van der Waals surface area contributed by atoms with Gasteiger partial charge in [0.1, 0.15) is 6.04 Å². The van der Waals surface area contributed by atoms with Crippen LogP contribution in [0.3, 0.4) is 0 Å². The van der Waals surface area contributed by atoms with Gasteiger partial charge in [0, 0.05) is 18.9 Å². The highest BCUT2D eigenvalue weighted by atomic mass is 16.6. The fourth-order valence-electron chi connectivity index (χ4n) is 3.05.